The standard InChI is InChI=1S/C16H23Cl2N3O3S/c1-3-12(2)19-16(22)11-20-6-8-21(9-7-20)25(23,24)15-10-13(17)4-5-14(15)18/h4-5,10,12H,3,6-9,11H2,1-2H3,(H,19,22). The average molecular weight is 408 g/mol. The van der Waals surface area contributed by atoms with Crippen molar-refractivity contribution in [1.82, 2.24) is 14.5 Å². The number of nitrogens with one attached hydrogen (secondary N) is 1. The van der Waals surface area contributed by atoms with Gasteiger partial charge in [-0.3, -0.25) is 9.69 Å². The van der Waals surface area contributed by atoms with E-state index in [4.69, 9.17) is 23.2 Å². The highest BCUT2D eigenvalue weighted by atomic mass is 35.5. The van der Waals surface area contributed by atoms with E-state index in [1.54, 1.807) is 6.07 Å². The maximum Gasteiger partial charge on any atom is 0.244 e. The van der Waals surface area contributed by atoms with E-state index in [1.807, 2.05) is 18.7 Å². The van der Waals surface area contributed by atoms with Gasteiger partial charge in [0.05, 0.1) is 11.6 Å². The summed E-state index contributed by atoms with van der Waals surface area (Å²) in [4.78, 5) is 13.9. The van der Waals surface area contributed by atoms with Gasteiger partial charge in [0, 0.05) is 37.2 Å². The molecular weight excluding hydrogens is 385 g/mol. The summed E-state index contributed by atoms with van der Waals surface area (Å²) in [5.41, 5.74) is 0. The molecular formula is C16H23Cl2N3O3S. The van der Waals surface area contributed by atoms with Gasteiger partial charge in [0.25, 0.3) is 0 Å². The number of piperazine rings is 1. The van der Waals surface area contributed by atoms with Gasteiger partial charge >= 0.3 is 0 Å². The van der Waals surface area contributed by atoms with Gasteiger partial charge in [-0.2, -0.15) is 4.31 Å². The number of carbonyl (C=O) groups is 1. The van der Waals surface area contributed by atoms with Crippen molar-refractivity contribution >= 4 is 39.1 Å². The van der Waals surface area contributed by atoms with E-state index in [2.05, 4.69) is 5.32 Å². The van der Waals surface area contributed by atoms with Crippen LogP contribution in [0, 0.1) is 0 Å². The van der Waals surface area contributed by atoms with Gasteiger partial charge in [-0.15, -0.1) is 0 Å². The Labute approximate surface area is 159 Å². The van der Waals surface area contributed by atoms with E-state index in [-0.39, 0.29) is 28.4 Å². The molecule has 140 valence electrons. The number of rotatable bonds is 6. The Balaban J connectivity index is 1.97. The van der Waals surface area contributed by atoms with Crippen molar-refractivity contribution in [2.24, 2.45) is 0 Å². The maximum atomic E-state index is 12.8. The molecule has 1 unspecified atom stereocenters. The molecule has 0 aliphatic carbocycles. The van der Waals surface area contributed by atoms with Crippen molar-refractivity contribution in [2.45, 2.75) is 31.2 Å². The zero-order valence-electron chi connectivity index (χ0n) is 14.3. The third-order valence-corrected chi connectivity index (χ3v) is 6.84. The summed E-state index contributed by atoms with van der Waals surface area (Å²) in [5, 5.41) is 3.39. The van der Waals surface area contributed by atoms with Gasteiger partial charge < -0.3 is 5.32 Å². The SMILES string of the molecule is CCC(C)NC(=O)CN1CCN(S(=O)(=O)c2cc(Cl)ccc2Cl)CC1. The molecule has 25 heavy (non-hydrogen) atoms. The number of hydrogen-bond acceptors (Lipinski definition) is 4. The highest BCUT2D eigenvalue weighted by Crippen LogP contribution is 2.28. The number of sulfonamides is 1. The van der Waals surface area contributed by atoms with Crippen LogP contribution in [0.4, 0.5) is 0 Å². The molecule has 6 nitrogen and oxygen atoms in total. The first-order valence-electron chi connectivity index (χ1n) is 8.21. The fourth-order valence-electron chi connectivity index (χ4n) is 2.57. The lowest BCUT2D eigenvalue weighted by molar-refractivity contribution is -0.123. The Hall–Kier alpha value is -0.860. The molecule has 1 heterocycles. The number of benzene rings is 1. The third-order valence-electron chi connectivity index (χ3n) is 4.23. The van der Waals surface area contributed by atoms with Crippen LogP contribution in [-0.2, 0) is 14.8 Å². The van der Waals surface area contributed by atoms with Crippen LogP contribution >= 0.6 is 23.2 Å². The predicted molar refractivity (Wildman–Crippen MR) is 99.6 cm³/mol. The Morgan fingerprint density at radius 2 is 1.88 bits per heavy atom. The molecule has 0 spiro atoms. The molecule has 0 bridgehead atoms. The molecule has 1 saturated heterocycles. The summed E-state index contributed by atoms with van der Waals surface area (Å²) in [6.45, 7) is 5.84. The number of hydrogen-bond donors (Lipinski definition) is 1. The number of carbonyl (C=O) groups excluding carboxylic acids is 1. The van der Waals surface area contributed by atoms with Crippen LogP contribution in [0.15, 0.2) is 23.1 Å². The Kier molecular flexibility index (Phi) is 7.10. The van der Waals surface area contributed by atoms with Crippen LogP contribution in [0.2, 0.25) is 10.0 Å². The Morgan fingerprint density at radius 3 is 2.48 bits per heavy atom. The fraction of sp³-hybridized carbons (Fsp3) is 0.562. The second-order valence-corrected chi connectivity index (χ2v) is 8.88. The highest BCUT2D eigenvalue weighted by Gasteiger charge is 2.30. The summed E-state index contributed by atoms with van der Waals surface area (Å²) in [5.74, 6) is -0.0384. The average Bonchev–Trinajstić information content (AvgIpc) is 2.57. The maximum absolute atomic E-state index is 12.8. The normalized spacial score (nSPS) is 18.1. The van der Waals surface area contributed by atoms with E-state index in [0.717, 1.165) is 6.42 Å². The molecule has 1 aliphatic rings. The van der Waals surface area contributed by atoms with Crippen molar-refractivity contribution in [3.8, 4) is 0 Å². The van der Waals surface area contributed by atoms with Gasteiger partial charge in [0.2, 0.25) is 15.9 Å². The first-order chi connectivity index (χ1) is 11.7. The van der Waals surface area contributed by atoms with Crippen LogP contribution in [0.25, 0.3) is 0 Å². The van der Waals surface area contributed by atoms with Crippen molar-refractivity contribution in [2.75, 3.05) is 32.7 Å². The monoisotopic (exact) mass is 407 g/mol. The van der Waals surface area contributed by atoms with Crippen molar-refractivity contribution < 1.29 is 13.2 Å². The smallest absolute Gasteiger partial charge is 0.244 e. The molecule has 0 saturated carbocycles. The van der Waals surface area contributed by atoms with Gasteiger partial charge in [0.15, 0.2) is 0 Å². The van der Waals surface area contributed by atoms with Crippen LogP contribution in [-0.4, -0.2) is 62.3 Å². The molecule has 9 heteroatoms. The van der Waals surface area contributed by atoms with Crippen molar-refractivity contribution in [1.29, 1.82) is 0 Å². The second-order valence-electron chi connectivity index (χ2n) is 6.13. The topological polar surface area (TPSA) is 69.7 Å². The van der Waals surface area contributed by atoms with Crippen LogP contribution in [0.1, 0.15) is 20.3 Å². The molecule has 1 atom stereocenters. The van der Waals surface area contributed by atoms with Crippen LogP contribution in [0.5, 0.6) is 0 Å². The Morgan fingerprint density at radius 1 is 1.24 bits per heavy atom. The summed E-state index contributed by atoms with van der Waals surface area (Å²) in [7, 11) is -3.70. The molecule has 1 fully saturated rings. The summed E-state index contributed by atoms with van der Waals surface area (Å²) < 4.78 is 26.9. The zero-order chi connectivity index (χ0) is 18.6. The first kappa shape index (κ1) is 20.5. The van der Waals surface area contributed by atoms with Gasteiger partial charge in [-0.05, 0) is 31.5 Å². The molecule has 2 rings (SSSR count). The number of halogens is 2. The van der Waals surface area contributed by atoms with E-state index < -0.39 is 10.0 Å². The van der Waals surface area contributed by atoms with Gasteiger partial charge in [0.1, 0.15) is 4.90 Å². The lowest BCUT2D eigenvalue weighted by Gasteiger charge is -2.33. The van der Waals surface area contributed by atoms with E-state index in [0.29, 0.717) is 31.2 Å². The second kappa shape index (κ2) is 8.68. The van der Waals surface area contributed by atoms with Crippen LogP contribution < -0.4 is 5.32 Å². The molecule has 1 aromatic carbocycles. The summed E-state index contributed by atoms with van der Waals surface area (Å²) in [6, 6.07) is 4.54. The van der Waals surface area contributed by atoms with Gasteiger partial charge in [-0.25, -0.2) is 8.42 Å². The van der Waals surface area contributed by atoms with E-state index in [1.165, 1.54) is 16.4 Å². The lowest BCUT2D eigenvalue weighted by Crippen LogP contribution is -2.51. The minimum Gasteiger partial charge on any atom is -0.353 e. The van der Waals surface area contributed by atoms with E-state index in [9.17, 15) is 13.2 Å². The minimum absolute atomic E-state index is 0.0182. The molecule has 1 amide bonds. The first-order valence-corrected chi connectivity index (χ1v) is 10.4. The molecule has 0 aromatic heterocycles. The molecule has 0 radical (unpaired) electrons. The predicted octanol–water partition coefficient (Wildman–Crippen LogP) is 2.21. The van der Waals surface area contributed by atoms with Crippen molar-refractivity contribution in [3.63, 3.8) is 0 Å². The third kappa shape index (κ3) is 5.31. The summed E-state index contributed by atoms with van der Waals surface area (Å²) >= 11 is 11.9. The summed E-state index contributed by atoms with van der Waals surface area (Å²) in [6.07, 6.45) is 0.873. The van der Waals surface area contributed by atoms with Crippen molar-refractivity contribution in [3.05, 3.63) is 28.2 Å². The lowest BCUT2D eigenvalue weighted by atomic mass is 10.2. The largest absolute Gasteiger partial charge is 0.353 e. The Bertz CT molecular complexity index is 719. The number of amides is 1. The quantitative estimate of drug-likeness (QED) is 0.784. The molecule has 1 aliphatic heterocycles. The highest BCUT2D eigenvalue weighted by molar-refractivity contribution is 7.89. The molecule has 1 aromatic rings. The van der Waals surface area contributed by atoms with Gasteiger partial charge in [-0.1, -0.05) is 30.1 Å². The molecule has 1 N–H and O–H groups in total. The zero-order valence-corrected chi connectivity index (χ0v) is 16.7. The van der Waals surface area contributed by atoms with E-state index >= 15 is 0 Å². The fourth-order valence-corrected chi connectivity index (χ4v) is 4.73. The minimum atomic E-state index is -3.70. The van der Waals surface area contributed by atoms with Crippen LogP contribution in [0.3, 0.4) is 0 Å². The number of nitrogens with zero attached hydrogens (tertiary/aromatic N) is 2.